The number of hydrogen-bond donors (Lipinski definition) is 1. The van der Waals surface area contributed by atoms with Crippen LogP contribution in [0.3, 0.4) is 0 Å². The average Bonchev–Trinajstić information content (AvgIpc) is 2.37. The monoisotopic (exact) mass is 281 g/mol. The second-order valence-electron chi connectivity index (χ2n) is 7.77. The van der Waals surface area contributed by atoms with E-state index in [1.807, 2.05) is 4.90 Å². The number of carbonyl (C=O) groups excluding carboxylic acids is 1. The van der Waals surface area contributed by atoms with Gasteiger partial charge in [0.2, 0.25) is 5.91 Å². The molecule has 2 saturated heterocycles. The maximum Gasteiger partial charge on any atom is 0.222 e. The van der Waals surface area contributed by atoms with Crippen molar-refractivity contribution in [3.63, 3.8) is 0 Å². The summed E-state index contributed by atoms with van der Waals surface area (Å²) in [4.78, 5) is 16.0. The molecule has 2 aliphatic heterocycles. The van der Waals surface area contributed by atoms with Gasteiger partial charge in [-0.3, -0.25) is 4.79 Å². The number of amides is 1. The zero-order valence-electron chi connectivity index (χ0n) is 13.8. The molecule has 0 radical (unpaired) electrons. The Kier molecular flexibility index (Phi) is 5.48. The van der Waals surface area contributed by atoms with Gasteiger partial charge in [0.25, 0.3) is 0 Å². The molecule has 0 aromatic heterocycles. The van der Waals surface area contributed by atoms with Crippen LogP contribution in [-0.2, 0) is 4.79 Å². The summed E-state index contributed by atoms with van der Waals surface area (Å²) in [6.07, 6.45) is 4.53. The van der Waals surface area contributed by atoms with E-state index in [2.05, 4.69) is 32.6 Å². The van der Waals surface area contributed by atoms with Crippen molar-refractivity contribution in [2.45, 2.75) is 59.4 Å². The van der Waals surface area contributed by atoms with Crippen LogP contribution in [0.1, 0.15) is 53.4 Å². The van der Waals surface area contributed by atoms with Crippen molar-refractivity contribution < 1.29 is 9.69 Å². The van der Waals surface area contributed by atoms with Crippen molar-refractivity contribution in [2.24, 2.45) is 17.8 Å². The molecule has 0 aromatic carbocycles. The van der Waals surface area contributed by atoms with E-state index in [9.17, 15) is 4.79 Å². The van der Waals surface area contributed by atoms with E-state index in [0.717, 1.165) is 37.4 Å². The number of carbonyl (C=O) groups is 1. The highest BCUT2D eigenvalue weighted by Crippen LogP contribution is 2.16. The Labute approximate surface area is 124 Å². The molecule has 0 spiro atoms. The topological polar surface area (TPSA) is 24.8 Å². The number of quaternary nitrogens is 1. The Morgan fingerprint density at radius 1 is 1.15 bits per heavy atom. The first kappa shape index (κ1) is 15.8. The first-order chi connectivity index (χ1) is 9.45. The molecule has 116 valence electrons. The first-order valence-electron chi connectivity index (χ1n) is 8.58. The molecule has 1 N–H and O–H groups in total. The Morgan fingerprint density at radius 3 is 2.20 bits per heavy atom. The molecule has 3 heteroatoms. The van der Waals surface area contributed by atoms with Crippen LogP contribution in [0.15, 0.2) is 0 Å². The molecule has 2 fully saturated rings. The molecule has 0 aliphatic carbocycles. The van der Waals surface area contributed by atoms with Gasteiger partial charge in [0, 0.05) is 44.2 Å². The van der Waals surface area contributed by atoms with Crippen molar-refractivity contribution in [1.29, 1.82) is 0 Å². The van der Waals surface area contributed by atoms with Crippen LogP contribution >= 0.6 is 0 Å². The van der Waals surface area contributed by atoms with E-state index >= 15 is 0 Å². The van der Waals surface area contributed by atoms with Gasteiger partial charge >= 0.3 is 0 Å². The smallest absolute Gasteiger partial charge is 0.222 e. The summed E-state index contributed by atoms with van der Waals surface area (Å²) in [7, 11) is 0. The largest absolute Gasteiger partial charge is 0.342 e. The zero-order chi connectivity index (χ0) is 14.7. The zero-order valence-corrected chi connectivity index (χ0v) is 13.8. The van der Waals surface area contributed by atoms with Crippen LogP contribution in [0, 0.1) is 17.8 Å². The Morgan fingerprint density at radius 2 is 1.70 bits per heavy atom. The van der Waals surface area contributed by atoms with E-state index in [-0.39, 0.29) is 0 Å². The molecule has 2 heterocycles. The van der Waals surface area contributed by atoms with Crippen molar-refractivity contribution >= 4 is 5.91 Å². The summed E-state index contributed by atoms with van der Waals surface area (Å²) in [6, 6.07) is 0.795. The lowest BCUT2D eigenvalue weighted by atomic mass is 9.89. The van der Waals surface area contributed by atoms with E-state index in [1.165, 1.54) is 32.4 Å². The lowest BCUT2D eigenvalue weighted by molar-refractivity contribution is -0.938. The van der Waals surface area contributed by atoms with E-state index in [0.29, 0.717) is 11.8 Å². The number of nitrogens with one attached hydrogen (secondary N) is 1. The predicted molar refractivity (Wildman–Crippen MR) is 82.7 cm³/mol. The highest BCUT2D eigenvalue weighted by atomic mass is 16.2. The van der Waals surface area contributed by atoms with Gasteiger partial charge in [0.1, 0.15) is 0 Å². The molecular formula is C17H33N2O+. The highest BCUT2D eigenvalue weighted by Gasteiger charge is 2.34. The van der Waals surface area contributed by atoms with Gasteiger partial charge in [-0.2, -0.15) is 0 Å². The lowest BCUT2D eigenvalue weighted by Crippen LogP contribution is -3.18. The molecule has 3 nitrogen and oxygen atoms in total. The molecule has 0 bridgehead atoms. The fourth-order valence-electron chi connectivity index (χ4n) is 4.18. The van der Waals surface area contributed by atoms with Gasteiger partial charge in [0.05, 0.1) is 19.1 Å². The number of hydrogen-bond acceptors (Lipinski definition) is 1. The lowest BCUT2D eigenvalue weighted by Gasteiger charge is -2.41. The summed E-state index contributed by atoms with van der Waals surface area (Å²) in [5.41, 5.74) is 0. The predicted octanol–water partition coefficient (Wildman–Crippen LogP) is 1.58. The number of rotatable bonds is 3. The molecule has 1 amide bonds. The van der Waals surface area contributed by atoms with Crippen molar-refractivity contribution in [3.8, 4) is 0 Å². The van der Waals surface area contributed by atoms with Crippen molar-refractivity contribution in [1.82, 2.24) is 4.90 Å². The molecule has 2 rings (SSSR count). The van der Waals surface area contributed by atoms with Crippen LogP contribution in [0.5, 0.6) is 0 Å². The summed E-state index contributed by atoms with van der Waals surface area (Å²) in [5.74, 6) is 2.59. The minimum atomic E-state index is 0.369. The van der Waals surface area contributed by atoms with Gasteiger partial charge in [-0.25, -0.2) is 0 Å². The summed E-state index contributed by atoms with van der Waals surface area (Å²) in [5, 5.41) is 0. The van der Waals surface area contributed by atoms with Gasteiger partial charge in [-0.1, -0.05) is 27.7 Å². The number of piperidine rings is 2. The molecule has 2 atom stereocenters. The van der Waals surface area contributed by atoms with Crippen LogP contribution < -0.4 is 4.90 Å². The quantitative estimate of drug-likeness (QED) is 0.835. The van der Waals surface area contributed by atoms with Crippen molar-refractivity contribution in [3.05, 3.63) is 0 Å². The van der Waals surface area contributed by atoms with Gasteiger partial charge in [-0.05, 0) is 12.3 Å². The standard InChI is InChI=1S/C17H32N2O/c1-13(2)9-17(20)18-7-5-16(6-8-18)19-11-14(3)10-15(4)12-19/h13-16H,5-12H2,1-4H3/p+1/t14-,15-/m1/s1. The van der Waals surface area contributed by atoms with Gasteiger partial charge in [-0.15, -0.1) is 0 Å². The number of likely N-dealkylation sites (tertiary alicyclic amines) is 2. The van der Waals surface area contributed by atoms with Crippen LogP contribution in [0.2, 0.25) is 0 Å². The molecular weight excluding hydrogens is 248 g/mol. The third-order valence-electron chi connectivity index (χ3n) is 5.03. The summed E-state index contributed by atoms with van der Waals surface area (Å²) in [6.45, 7) is 13.7. The number of nitrogens with zero attached hydrogens (tertiary/aromatic N) is 1. The third kappa shape index (κ3) is 4.21. The normalized spacial score (nSPS) is 32.6. The molecule has 20 heavy (non-hydrogen) atoms. The average molecular weight is 281 g/mol. The molecule has 0 saturated carbocycles. The second kappa shape index (κ2) is 6.93. The third-order valence-corrected chi connectivity index (χ3v) is 5.03. The maximum atomic E-state index is 12.1. The first-order valence-corrected chi connectivity index (χ1v) is 8.58. The van der Waals surface area contributed by atoms with E-state index in [4.69, 9.17) is 0 Å². The second-order valence-corrected chi connectivity index (χ2v) is 7.77. The summed E-state index contributed by atoms with van der Waals surface area (Å²) < 4.78 is 0. The minimum Gasteiger partial charge on any atom is -0.342 e. The Hall–Kier alpha value is -0.570. The minimum absolute atomic E-state index is 0.369. The highest BCUT2D eigenvalue weighted by molar-refractivity contribution is 5.76. The summed E-state index contributed by atoms with van der Waals surface area (Å²) >= 11 is 0. The van der Waals surface area contributed by atoms with Crippen LogP contribution in [0.4, 0.5) is 0 Å². The fraction of sp³-hybridized carbons (Fsp3) is 0.941. The molecule has 0 aromatic rings. The maximum absolute atomic E-state index is 12.1. The Bertz CT molecular complexity index is 311. The van der Waals surface area contributed by atoms with E-state index in [1.54, 1.807) is 0 Å². The molecule has 0 unspecified atom stereocenters. The Balaban J connectivity index is 1.80. The van der Waals surface area contributed by atoms with Gasteiger partial charge < -0.3 is 9.80 Å². The SMILES string of the molecule is CC(C)CC(=O)N1CCC([NH+]2C[C@H](C)C[C@@H](C)C2)CC1. The van der Waals surface area contributed by atoms with Crippen molar-refractivity contribution in [2.75, 3.05) is 26.2 Å². The van der Waals surface area contributed by atoms with Crippen LogP contribution in [-0.4, -0.2) is 43.0 Å². The van der Waals surface area contributed by atoms with E-state index < -0.39 is 0 Å². The fourth-order valence-corrected chi connectivity index (χ4v) is 4.18. The van der Waals surface area contributed by atoms with Crippen LogP contribution in [0.25, 0.3) is 0 Å². The molecule has 2 aliphatic rings. The van der Waals surface area contributed by atoms with Gasteiger partial charge in [0.15, 0.2) is 0 Å².